The number of hydrogen-bond donors (Lipinski definition) is 2. The van der Waals surface area contributed by atoms with Crippen molar-refractivity contribution >= 4 is 19.8 Å². The number of unbranched alkanes of at least 4 members (excludes halogenated alkanes) is 30. The molecule has 0 saturated heterocycles. The van der Waals surface area contributed by atoms with Gasteiger partial charge in [0.15, 0.2) is 6.10 Å². The number of ether oxygens (including phenoxy) is 2. The van der Waals surface area contributed by atoms with Gasteiger partial charge in [-0.1, -0.05) is 192 Å². The maximum Gasteiger partial charge on any atom is 0.469 e. The van der Waals surface area contributed by atoms with Crippen LogP contribution in [0.15, 0.2) is 24.3 Å². The maximum absolute atomic E-state index is 12.4. The van der Waals surface area contributed by atoms with Gasteiger partial charge in [0.1, 0.15) is 6.61 Å². The predicted molar refractivity (Wildman–Crippen MR) is 235 cm³/mol. The van der Waals surface area contributed by atoms with Crippen molar-refractivity contribution in [2.75, 3.05) is 13.2 Å². The lowest BCUT2D eigenvalue weighted by Crippen LogP contribution is -2.29. The van der Waals surface area contributed by atoms with Crippen molar-refractivity contribution in [3.8, 4) is 0 Å². The Labute approximate surface area is 345 Å². The molecule has 0 unspecified atom stereocenters. The van der Waals surface area contributed by atoms with Crippen LogP contribution < -0.4 is 0 Å². The number of hydrogen-bond acceptors (Lipinski definition) is 6. The monoisotopic (exact) mass is 813 g/mol. The number of esters is 2. The van der Waals surface area contributed by atoms with Gasteiger partial charge in [-0.15, -0.1) is 0 Å². The minimum absolute atomic E-state index is 0.212. The summed E-state index contributed by atoms with van der Waals surface area (Å²) in [5.41, 5.74) is 0. The molecule has 0 spiro atoms. The number of carbonyl (C=O) groups excluding carboxylic acids is 2. The van der Waals surface area contributed by atoms with E-state index in [9.17, 15) is 14.2 Å². The molecule has 0 aliphatic rings. The molecule has 0 rings (SSSR count). The second-order valence-corrected chi connectivity index (χ2v) is 17.3. The summed E-state index contributed by atoms with van der Waals surface area (Å²) in [6.45, 7) is 3.70. The van der Waals surface area contributed by atoms with Crippen LogP contribution in [0, 0.1) is 0 Å². The third-order valence-electron chi connectivity index (χ3n) is 10.4. The lowest BCUT2D eigenvalue weighted by molar-refractivity contribution is -0.161. The van der Waals surface area contributed by atoms with Crippen molar-refractivity contribution < 1.29 is 37.9 Å². The first-order valence-electron chi connectivity index (χ1n) is 23.6. The quantitative estimate of drug-likeness (QED) is 0.0270. The Morgan fingerprint density at radius 2 is 0.750 bits per heavy atom. The number of rotatable bonds is 44. The molecule has 0 saturated carbocycles. The highest BCUT2D eigenvalue weighted by Crippen LogP contribution is 2.36. The molecule has 0 aliphatic carbocycles. The van der Waals surface area contributed by atoms with Crippen LogP contribution in [0.3, 0.4) is 0 Å². The number of phosphoric ester groups is 1. The zero-order chi connectivity index (χ0) is 41.1. The minimum atomic E-state index is -4.75. The van der Waals surface area contributed by atoms with Crippen LogP contribution in [0.25, 0.3) is 0 Å². The fourth-order valence-corrected chi connectivity index (χ4v) is 7.25. The van der Waals surface area contributed by atoms with E-state index in [-0.39, 0.29) is 19.4 Å². The van der Waals surface area contributed by atoms with E-state index in [1.165, 1.54) is 173 Å². The van der Waals surface area contributed by atoms with E-state index >= 15 is 0 Å². The molecule has 0 amide bonds. The van der Waals surface area contributed by atoms with Gasteiger partial charge in [-0.05, 0) is 64.2 Å². The van der Waals surface area contributed by atoms with Crippen LogP contribution in [0.1, 0.15) is 245 Å². The lowest BCUT2D eigenvalue weighted by atomic mass is 10.0. The van der Waals surface area contributed by atoms with E-state index in [0.717, 1.165) is 38.5 Å². The van der Waals surface area contributed by atoms with Gasteiger partial charge < -0.3 is 19.3 Å². The molecule has 0 aromatic carbocycles. The molecule has 9 heteroatoms. The van der Waals surface area contributed by atoms with Gasteiger partial charge in [0.05, 0.1) is 6.61 Å². The zero-order valence-electron chi connectivity index (χ0n) is 36.5. The molecule has 0 bridgehead atoms. The van der Waals surface area contributed by atoms with E-state index in [1.54, 1.807) is 0 Å². The first-order chi connectivity index (χ1) is 27.3. The molecule has 0 aromatic heterocycles. The number of phosphoric acid groups is 1. The molecular weight excluding hydrogens is 723 g/mol. The van der Waals surface area contributed by atoms with Gasteiger partial charge in [0.25, 0.3) is 0 Å². The van der Waals surface area contributed by atoms with Gasteiger partial charge in [-0.2, -0.15) is 0 Å². The van der Waals surface area contributed by atoms with Gasteiger partial charge in [-0.3, -0.25) is 14.1 Å². The van der Waals surface area contributed by atoms with Crippen molar-refractivity contribution in [3.05, 3.63) is 24.3 Å². The second kappa shape index (κ2) is 43.1. The van der Waals surface area contributed by atoms with E-state index in [1.807, 2.05) is 0 Å². The summed E-state index contributed by atoms with van der Waals surface area (Å²) in [6.07, 6.45) is 50.4. The Hall–Kier alpha value is -1.47. The molecule has 0 aliphatic heterocycles. The molecule has 0 radical (unpaired) electrons. The molecule has 0 aromatic rings. The van der Waals surface area contributed by atoms with E-state index in [4.69, 9.17) is 19.3 Å². The lowest BCUT2D eigenvalue weighted by Gasteiger charge is -2.18. The molecule has 1 atom stereocenters. The van der Waals surface area contributed by atoms with Crippen LogP contribution in [0.4, 0.5) is 0 Å². The first-order valence-corrected chi connectivity index (χ1v) is 25.2. The average Bonchev–Trinajstić information content (AvgIpc) is 3.17. The van der Waals surface area contributed by atoms with E-state index in [0.29, 0.717) is 6.42 Å². The molecular formula is C47H89O8P. The highest BCUT2D eigenvalue weighted by molar-refractivity contribution is 7.46. The maximum atomic E-state index is 12.4. The topological polar surface area (TPSA) is 119 Å². The van der Waals surface area contributed by atoms with Crippen LogP contribution in [0.2, 0.25) is 0 Å². The highest BCUT2D eigenvalue weighted by Gasteiger charge is 2.23. The van der Waals surface area contributed by atoms with Crippen molar-refractivity contribution in [2.45, 2.75) is 251 Å². The molecule has 56 heavy (non-hydrogen) atoms. The van der Waals surface area contributed by atoms with Crippen molar-refractivity contribution in [1.29, 1.82) is 0 Å². The summed E-state index contributed by atoms with van der Waals surface area (Å²) >= 11 is 0. The fourth-order valence-electron chi connectivity index (χ4n) is 6.89. The molecule has 8 nitrogen and oxygen atoms in total. The standard InChI is InChI=1S/C47H89O8P/c1-3-5-7-9-11-13-15-17-19-21-22-23-24-26-27-29-31-33-35-37-39-41-46(48)53-43-45(44-54-56(50,51)52)55-47(49)42-40-38-36-34-32-30-28-25-20-18-16-14-12-10-8-6-4-2/h14,16-17,19,45H,3-13,15,18,20-44H2,1-2H3,(H2,50,51,52)/b16-14+,19-17+/t45-/m1/s1. The fraction of sp³-hybridized carbons (Fsp3) is 0.872. The molecule has 330 valence electrons. The van der Waals surface area contributed by atoms with Crippen LogP contribution in [-0.2, 0) is 28.2 Å². The summed E-state index contributed by atoms with van der Waals surface area (Å²) < 4.78 is 26.5. The summed E-state index contributed by atoms with van der Waals surface area (Å²) in [7, 11) is -4.75. The van der Waals surface area contributed by atoms with E-state index in [2.05, 4.69) is 42.7 Å². The number of allylic oxidation sites excluding steroid dienone is 4. The Balaban J connectivity index is 3.82. The van der Waals surface area contributed by atoms with Gasteiger partial charge in [0.2, 0.25) is 0 Å². The average molecular weight is 813 g/mol. The molecule has 0 fully saturated rings. The highest BCUT2D eigenvalue weighted by atomic mass is 31.2. The zero-order valence-corrected chi connectivity index (χ0v) is 37.4. The van der Waals surface area contributed by atoms with Gasteiger partial charge in [-0.25, -0.2) is 4.57 Å². The Morgan fingerprint density at radius 1 is 0.446 bits per heavy atom. The van der Waals surface area contributed by atoms with Crippen LogP contribution >= 0.6 is 7.82 Å². The SMILES string of the molecule is CCCCCC/C=C/CCCCCCCCCCCC(=O)O[C@H](COC(=O)CCCCCCCCCCCCC/C=C/CCCCCCCC)COP(=O)(O)O. The Bertz CT molecular complexity index is 962. The van der Waals surface area contributed by atoms with Crippen LogP contribution in [-0.4, -0.2) is 41.0 Å². The van der Waals surface area contributed by atoms with E-state index < -0.39 is 32.5 Å². The largest absolute Gasteiger partial charge is 0.469 e. The minimum Gasteiger partial charge on any atom is -0.462 e. The van der Waals surface area contributed by atoms with Crippen LogP contribution in [0.5, 0.6) is 0 Å². The molecule has 2 N–H and O–H groups in total. The van der Waals surface area contributed by atoms with Crippen molar-refractivity contribution in [2.24, 2.45) is 0 Å². The third-order valence-corrected chi connectivity index (χ3v) is 10.9. The normalized spacial score (nSPS) is 12.6. The van der Waals surface area contributed by atoms with Gasteiger partial charge >= 0.3 is 19.8 Å². The smallest absolute Gasteiger partial charge is 0.462 e. The summed E-state index contributed by atoms with van der Waals surface area (Å²) in [5, 5.41) is 0. The summed E-state index contributed by atoms with van der Waals surface area (Å²) in [6, 6.07) is 0. The first kappa shape index (κ1) is 54.5. The predicted octanol–water partition coefficient (Wildman–Crippen LogP) is 14.7. The number of carbonyl (C=O) groups is 2. The van der Waals surface area contributed by atoms with Gasteiger partial charge in [0, 0.05) is 12.8 Å². The summed E-state index contributed by atoms with van der Waals surface area (Å²) in [5.74, 6) is -0.877. The van der Waals surface area contributed by atoms with Crippen molar-refractivity contribution in [3.63, 3.8) is 0 Å². The Morgan fingerprint density at radius 3 is 1.11 bits per heavy atom. The summed E-state index contributed by atoms with van der Waals surface area (Å²) in [4.78, 5) is 43.0. The Kier molecular flexibility index (Phi) is 42.0. The molecule has 0 heterocycles. The van der Waals surface area contributed by atoms with Crippen molar-refractivity contribution in [1.82, 2.24) is 0 Å². The third kappa shape index (κ3) is 45.2. The second-order valence-electron chi connectivity index (χ2n) is 16.1.